The molecule has 1 nitrogen and oxygen atoms in total. The molecule has 0 aliphatic carbocycles. The standard InChI is InChI=1S/C17H17NS/c1-18-11-14-6-4-5-13(9-14)10-15-12-19-17-8-3-2-7-16(15)17/h2-9,12,18H,10-11H2,1H3. The average Bonchev–Trinajstić information content (AvgIpc) is 2.83. The molecule has 0 radical (unpaired) electrons. The number of nitrogens with one attached hydrogen (secondary N) is 1. The topological polar surface area (TPSA) is 12.0 Å². The summed E-state index contributed by atoms with van der Waals surface area (Å²) in [6.45, 7) is 0.929. The van der Waals surface area contributed by atoms with E-state index in [9.17, 15) is 0 Å². The van der Waals surface area contributed by atoms with Crippen molar-refractivity contribution in [3.05, 3.63) is 70.6 Å². The largest absolute Gasteiger partial charge is 0.316 e. The van der Waals surface area contributed by atoms with Crippen molar-refractivity contribution in [2.75, 3.05) is 7.05 Å². The lowest BCUT2D eigenvalue weighted by molar-refractivity contribution is 0.816. The minimum atomic E-state index is 0.929. The Morgan fingerprint density at radius 1 is 1.00 bits per heavy atom. The highest BCUT2D eigenvalue weighted by atomic mass is 32.1. The quantitative estimate of drug-likeness (QED) is 0.746. The Bertz CT molecular complexity index is 684. The lowest BCUT2D eigenvalue weighted by Gasteiger charge is -2.04. The Morgan fingerprint density at radius 2 is 1.84 bits per heavy atom. The summed E-state index contributed by atoms with van der Waals surface area (Å²) in [4.78, 5) is 0. The van der Waals surface area contributed by atoms with Crippen molar-refractivity contribution in [2.45, 2.75) is 13.0 Å². The van der Waals surface area contributed by atoms with Crippen molar-refractivity contribution in [3.63, 3.8) is 0 Å². The lowest BCUT2D eigenvalue weighted by Crippen LogP contribution is -2.05. The summed E-state index contributed by atoms with van der Waals surface area (Å²) in [5.74, 6) is 0. The minimum absolute atomic E-state index is 0.929. The van der Waals surface area contributed by atoms with Crippen molar-refractivity contribution < 1.29 is 0 Å². The Balaban J connectivity index is 1.90. The van der Waals surface area contributed by atoms with Crippen molar-refractivity contribution in [2.24, 2.45) is 0 Å². The van der Waals surface area contributed by atoms with Crippen LogP contribution in [0.2, 0.25) is 0 Å². The van der Waals surface area contributed by atoms with Crippen LogP contribution in [0.15, 0.2) is 53.9 Å². The summed E-state index contributed by atoms with van der Waals surface area (Å²) >= 11 is 1.84. The fourth-order valence-electron chi connectivity index (χ4n) is 2.44. The van der Waals surface area contributed by atoms with Crippen LogP contribution in [0.4, 0.5) is 0 Å². The van der Waals surface area contributed by atoms with E-state index in [1.54, 1.807) is 0 Å². The SMILES string of the molecule is CNCc1cccc(Cc2csc3ccccc23)c1. The van der Waals surface area contributed by atoms with Crippen LogP contribution in [0.3, 0.4) is 0 Å². The van der Waals surface area contributed by atoms with Gasteiger partial charge in [-0.3, -0.25) is 0 Å². The summed E-state index contributed by atoms with van der Waals surface area (Å²) in [5, 5.41) is 6.88. The molecule has 1 aromatic heterocycles. The molecule has 0 aliphatic heterocycles. The molecule has 1 heterocycles. The van der Waals surface area contributed by atoms with Gasteiger partial charge >= 0.3 is 0 Å². The van der Waals surface area contributed by atoms with Crippen LogP contribution in [0, 0.1) is 0 Å². The molecule has 3 aromatic rings. The second-order valence-electron chi connectivity index (χ2n) is 4.78. The summed E-state index contributed by atoms with van der Waals surface area (Å²) < 4.78 is 1.38. The van der Waals surface area contributed by atoms with E-state index in [2.05, 4.69) is 59.2 Å². The zero-order chi connectivity index (χ0) is 13.1. The van der Waals surface area contributed by atoms with E-state index in [0.717, 1.165) is 13.0 Å². The van der Waals surface area contributed by atoms with E-state index in [-0.39, 0.29) is 0 Å². The van der Waals surface area contributed by atoms with Crippen LogP contribution >= 0.6 is 11.3 Å². The van der Waals surface area contributed by atoms with Gasteiger partial charge < -0.3 is 5.32 Å². The zero-order valence-electron chi connectivity index (χ0n) is 11.0. The Hall–Kier alpha value is -1.64. The van der Waals surface area contributed by atoms with Crippen LogP contribution in [0.1, 0.15) is 16.7 Å². The van der Waals surface area contributed by atoms with Gasteiger partial charge in [-0.1, -0.05) is 42.5 Å². The Kier molecular flexibility index (Phi) is 3.62. The van der Waals surface area contributed by atoms with Gasteiger partial charge in [-0.05, 0) is 47.0 Å². The van der Waals surface area contributed by atoms with Gasteiger partial charge in [0, 0.05) is 11.2 Å². The third-order valence-electron chi connectivity index (χ3n) is 3.33. The van der Waals surface area contributed by atoms with Crippen molar-refractivity contribution in [1.82, 2.24) is 5.32 Å². The van der Waals surface area contributed by atoms with Crippen molar-refractivity contribution in [1.29, 1.82) is 0 Å². The van der Waals surface area contributed by atoms with Crippen molar-refractivity contribution in [3.8, 4) is 0 Å². The second-order valence-corrected chi connectivity index (χ2v) is 5.70. The summed E-state index contributed by atoms with van der Waals surface area (Å²) in [7, 11) is 1.99. The van der Waals surface area contributed by atoms with E-state index >= 15 is 0 Å². The Labute approximate surface area is 117 Å². The van der Waals surface area contributed by atoms with Gasteiger partial charge in [0.1, 0.15) is 0 Å². The smallest absolute Gasteiger partial charge is 0.0345 e. The molecule has 1 N–H and O–H groups in total. The molecule has 0 fully saturated rings. The molecule has 0 atom stereocenters. The van der Waals surface area contributed by atoms with Crippen LogP contribution in [-0.2, 0) is 13.0 Å². The maximum atomic E-state index is 3.20. The number of hydrogen-bond acceptors (Lipinski definition) is 2. The molecule has 96 valence electrons. The van der Waals surface area contributed by atoms with Crippen molar-refractivity contribution >= 4 is 21.4 Å². The molecule has 0 saturated carbocycles. The molecule has 0 saturated heterocycles. The summed E-state index contributed by atoms with van der Waals surface area (Å²) in [5.41, 5.74) is 4.16. The number of fused-ring (bicyclic) bond motifs is 1. The molecule has 0 aliphatic rings. The van der Waals surface area contributed by atoms with Gasteiger partial charge in [0.15, 0.2) is 0 Å². The third-order valence-corrected chi connectivity index (χ3v) is 4.34. The van der Waals surface area contributed by atoms with Gasteiger partial charge in [0.05, 0.1) is 0 Å². The number of thiophene rings is 1. The molecule has 2 aromatic carbocycles. The summed E-state index contributed by atoms with van der Waals surface area (Å²) in [6.07, 6.45) is 1.02. The van der Waals surface area contributed by atoms with Gasteiger partial charge in [-0.2, -0.15) is 0 Å². The van der Waals surface area contributed by atoms with Gasteiger partial charge in [0.2, 0.25) is 0 Å². The molecule has 0 spiro atoms. The van der Waals surface area contributed by atoms with Gasteiger partial charge in [-0.15, -0.1) is 11.3 Å². The summed E-state index contributed by atoms with van der Waals surface area (Å²) in [6, 6.07) is 17.5. The molecule has 19 heavy (non-hydrogen) atoms. The van der Waals surface area contributed by atoms with E-state index in [0.29, 0.717) is 0 Å². The van der Waals surface area contributed by atoms with Gasteiger partial charge in [-0.25, -0.2) is 0 Å². The first-order valence-corrected chi connectivity index (χ1v) is 7.42. The molecule has 0 amide bonds. The Morgan fingerprint density at radius 3 is 2.74 bits per heavy atom. The molecular weight excluding hydrogens is 250 g/mol. The highest BCUT2D eigenvalue weighted by Gasteiger charge is 2.04. The zero-order valence-corrected chi connectivity index (χ0v) is 11.8. The van der Waals surface area contributed by atoms with Crippen LogP contribution < -0.4 is 5.32 Å². The highest BCUT2D eigenvalue weighted by Crippen LogP contribution is 2.27. The average molecular weight is 267 g/mol. The first-order valence-electron chi connectivity index (χ1n) is 6.54. The normalized spacial score (nSPS) is 11.0. The molecular formula is C17H17NS. The van der Waals surface area contributed by atoms with E-state index < -0.39 is 0 Å². The predicted molar refractivity (Wildman–Crippen MR) is 83.8 cm³/mol. The van der Waals surface area contributed by atoms with E-state index in [1.165, 1.54) is 26.8 Å². The molecule has 0 bridgehead atoms. The third kappa shape index (κ3) is 2.70. The van der Waals surface area contributed by atoms with Crippen LogP contribution in [0.5, 0.6) is 0 Å². The molecule has 0 unspecified atom stereocenters. The highest BCUT2D eigenvalue weighted by molar-refractivity contribution is 7.17. The minimum Gasteiger partial charge on any atom is -0.316 e. The van der Waals surface area contributed by atoms with E-state index in [1.807, 2.05) is 18.4 Å². The first-order chi connectivity index (χ1) is 9.36. The molecule has 2 heteroatoms. The van der Waals surface area contributed by atoms with Gasteiger partial charge in [0.25, 0.3) is 0 Å². The number of benzene rings is 2. The van der Waals surface area contributed by atoms with Crippen LogP contribution in [-0.4, -0.2) is 7.05 Å². The number of rotatable bonds is 4. The second kappa shape index (κ2) is 5.55. The first kappa shape index (κ1) is 12.4. The fraction of sp³-hybridized carbons (Fsp3) is 0.176. The number of hydrogen-bond donors (Lipinski definition) is 1. The monoisotopic (exact) mass is 267 g/mol. The molecule has 3 rings (SSSR count). The van der Waals surface area contributed by atoms with Crippen LogP contribution in [0.25, 0.3) is 10.1 Å². The fourth-order valence-corrected chi connectivity index (χ4v) is 3.41. The maximum Gasteiger partial charge on any atom is 0.0345 e. The predicted octanol–water partition coefficient (Wildman–Crippen LogP) is 4.21. The van der Waals surface area contributed by atoms with E-state index in [4.69, 9.17) is 0 Å². The lowest BCUT2D eigenvalue weighted by atomic mass is 10.0. The maximum absolute atomic E-state index is 3.20.